The van der Waals surface area contributed by atoms with Crippen molar-refractivity contribution in [1.82, 2.24) is 10.3 Å². The summed E-state index contributed by atoms with van der Waals surface area (Å²) in [5, 5.41) is 13.9. The molecule has 0 radical (unpaired) electrons. The molecule has 1 aromatic heterocycles. The Balaban J connectivity index is 1.62. The quantitative estimate of drug-likeness (QED) is 0.248. The molecule has 1 unspecified atom stereocenters. The molecule has 31 heavy (non-hydrogen) atoms. The number of ether oxygens (including phenoxy) is 1. The first-order chi connectivity index (χ1) is 14.7. The van der Waals surface area contributed by atoms with Crippen LogP contribution in [0.4, 0.5) is 5.69 Å². The number of aryl methyl sites for hydroxylation is 1. The molecule has 3 rings (SSSR count). The fourth-order valence-corrected chi connectivity index (χ4v) is 3.32. The van der Waals surface area contributed by atoms with Gasteiger partial charge < -0.3 is 15.0 Å². The van der Waals surface area contributed by atoms with Crippen molar-refractivity contribution in [1.29, 1.82) is 0 Å². The number of nitro benzene ring substituents is 1. The molecule has 0 saturated heterocycles. The number of aromatic nitrogens is 1. The summed E-state index contributed by atoms with van der Waals surface area (Å²) in [6.45, 7) is 2.69. The second-order valence-electron chi connectivity index (χ2n) is 6.77. The summed E-state index contributed by atoms with van der Waals surface area (Å²) < 4.78 is 5.16. The molecule has 0 fully saturated rings. The van der Waals surface area contributed by atoms with Crippen molar-refractivity contribution in [2.45, 2.75) is 20.0 Å². The summed E-state index contributed by atoms with van der Waals surface area (Å²) in [7, 11) is 0. The predicted molar refractivity (Wildman–Crippen MR) is 113 cm³/mol. The second kappa shape index (κ2) is 8.97. The van der Waals surface area contributed by atoms with Gasteiger partial charge >= 0.3 is 5.97 Å². The number of hydrogen-bond acceptors (Lipinski definition) is 6. The molecule has 9 nitrogen and oxygen atoms in total. The van der Waals surface area contributed by atoms with E-state index in [4.69, 9.17) is 16.3 Å². The first-order valence-electron chi connectivity index (χ1n) is 9.22. The van der Waals surface area contributed by atoms with Crippen molar-refractivity contribution in [3.63, 3.8) is 0 Å². The Bertz CT molecular complexity index is 1200. The first-order valence-corrected chi connectivity index (χ1v) is 9.60. The highest BCUT2D eigenvalue weighted by atomic mass is 35.5. The molecule has 0 aliphatic heterocycles. The SMILES string of the molecule is Cc1[nH]c2ccccc2c1C(=O)C(C)OC(=O)CNC(=O)c1ccc(Cl)c([N+](=O)[O-])c1. The molecule has 160 valence electrons. The summed E-state index contributed by atoms with van der Waals surface area (Å²) in [6, 6.07) is 10.8. The van der Waals surface area contributed by atoms with E-state index in [0.717, 1.165) is 17.0 Å². The van der Waals surface area contributed by atoms with Crippen molar-refractivity contribution in [3.8, 4) is 0 Å². The largest absolute Gasteiger partial charge is 0.453 e. The normalized spacial score (nSPS) is 11.7. The van der Waals surface area contributed by atoms with E-state index in [-0.39, 0.29) is 16.4 Å². The number of halogens is 1. The number of carbonyl (C=O) groups excluding carboxylic acids is 3. The van der Waals surface area contributed by atoms with Crippen LogP contribution in [0.5, 0.6) is 0 Å². The minimum absolute atomic E-state index is 0.0394. The number of rotatable bonds is 7. The van der Waals surface area contributed by atoms with Gasteiger partial charge in [0.25, 0.3) is 11.6 Å². The number of nitrogens with one attached hydrogen (secondary N) is 2. The predicted octanol–water partition coefficient (Wildman–Crippen LogP) is 3.58. The maximum atomic E-state index is 12.8. The number of amides is 1. The number of hydrogen-bond donors (Lipinski definition) is 2. The van der Waals surface area contributed by atoms with Crippen LogP contribution in [0.1, 0.15) is 33.3 Å². The first kappa shape index (κ1) is 22.0. The van der Waals surface area contributed by atoms with Gasteiger partial charge in [0.1, 0.15) is 11.6 Å². The van der Waals surface area contributed by atoms with Crippen LogP contribution in [0.2, 0.25) is 5.02 Å². The maximum Gasteiger partial charge on any atom is 0.326 e. The molecule has 1 amide bonds. The molecular formula is C21H18ClN3O6. The molecular weight excluding hydrogens is 426 g/mol. The number of esters is 1. The lowest BCUT2D eigenvalue weighted by atomic mass is 10.0. The minimum atomic E-state index is -1.07. The highest BCUT2D eigenvalue weighted by Crippen LogP contribution is 2.25. The molecule has 0 spiro atoms. The zero-order valence-electron chi connectivity index (χ0n) is 16.6. The second-order valence-corrected chi connectivity index (χ2v) is 7.18. The number of benzene rings is 2. The lowest BCUT2D eigenvalue weighted by Crippen LogP contribution is -2.34. The van der Waals surface area contributed by atoms with E-state index in [1.54, 1.807) is 19.1 Å². The number of nitrogens with zero attached hydrogens (tertiary/aromatic N) is 1. The van der Waals surface area contributed by atoms with Gasteiger partial charge in [0, 0.05) is 33.8 Å². The van der Waals surface area contributed by atoms with E-state index in [1.165, 1.54) is 19.1 Å². The summed E-state index contributed by atoms with van der Waals surface area (Å²) in [5.41, 5.74) is 1.43. The Morgan fingerprint density at radius 3 is 2.65 bits per heavy atom. The average molecular weight is 444 g/mol. The van der Waals surface area contributed by atoms with Crippen LogP contribution in [-0.2, 0) is 9.53 Å². The molecule has 3 aromatic rings. The summed E-state index contributed by atoms with van der Waals surface area (Å²) in [5.74, 6) is -1.92. The van der Waals surface area contributed by atoms with Gasteiger partial charge in [0.05, 0.1) is 4.92 Å². The molecule has 0 aliphatic rings. The van der Waals surface area contributed by atoms with E-state index in [1.807, 2.05) is 12.1 Å². The van der Waals surface area contributed by atoms with Crippen LogP contribution >= 0.6 is 11.6 Å². The maximum absolute atomic E-state index is 12.8. The van der Waals surface area contributed by atoms with Gasteiger partial charge in [-0.3, -0.25) is 24.5 Å². The number of nitro groups is 1. The standard InChI is InChI=1S/C21H18ClN3O6/c1-11-19(14-5-3-4-6-16(14)24-11)20(27)12(2)31-18(26)10-23-21(28)13-7-8-15(22)17(9-13)25(29)30/h3-9,12,24H,10H2,1-2H3,(H,23,28). The zero-order valence-corrected chi connectivity index (χ0v) is 17.4. The molecule has 0 saturated carbocycles. The molecule has 0 aliphatic carbocycles. The van der Waals surface area contributed by atoms with E-state index < -0.39 is 35.1 Å². The smallest absolute Gasteiger partial charge is 0.326 e. The van der Waals surface area contributed by atoms with E-state index in [2.05, 4.69) is 10.3 Å². The van der Waals surface area contributed by atoms with Crippen LogP contribution in [0.25, 0.3) is 10.9 Å². The highest BCUT2D eigenvalue weighted by Gasteiger charge is 2.25. The van der Waals surface area contributed by atoms with Gasteiger partial charge in [0.2, 0.25) is 5.78 Å². The van der Waals surface area contributed by atoms with Gasteiger partial charge in [-0.25, -0.2) is 0 Å². The van der Waals surface area contributed by atoms with Crippen LogP contribution in [0.3, 0.4) is 0 Å². The Kier molecular flexibility index (Phi) is 6.36. The molecule has 1 atom stereocenters. The third-order valence-corrected chi connectivity index (χ3v) is 4.94. The zero-order chi connectivity index (χ0) is 22.7. The highest BCUT2D eigenvalue weighted by molar-refractivity contribution is 6.32. The summed E-state index contributed by atoms with van der Waals surface area (Å²) >= 11 is 5.72. The Labute approximate surface area is 181 Å². The van der Waals surface area contributed by atoms with Crippen molar-refractivity contribution in [2.24, 2.45) is 0 Å². The Morgan fingerprint density at radius 2 is 1.94 bits per heavy atom. The molecule has 10 heteroatoms. The van der Waals surface area contributed by atoms with Crippen LogP contribution in [0, 0.1) is 17.0 Å². The molecule has 1 heterocycles. The van der Waals surface area contributed by atoms with Crippen molar-refractivity contribution in [2.75, 3.05) is 6.54 Å². The average Bonchev–Trinajstić information content (AvgIpc) is 3.07. The fourth-order valence-electron chi connectivity index (χ4n) is 3.14. The number of fused-ring (bicyclic) bond motifs is 1. The molecule has 2 aromatic carbocycles. The van der Waals surface area contributed by atoms with Gasteiger partial charge in [0.15, 0.2) is 6.10 Å². The van der Waals surface area contributed by atoms with Gasteiger partial charge in [-0.2, -0.15) is 0 Å². The van der Waals surface area contributed by atoms with Gasteiger partial charge in [-0.15, -0.1) is 0 Å². The lowest BCUT2D eigenvalue weighted by Gasteiger charge is -2.13. The number of para-hydroxylation sites is 1. The number of aromatic amines is 1. The Morgan fingerprint density at radius 1 is 1.23 bits per heavy atom. The van der Waals surface area contributed by atoms with Crippen molar-refractivity contribution in [3.05, 3.63) is 74.4 Å². The number of ketones is 1. The third-order valence-electron chi connectivity index (χ3n) is 4.62. The number of H-pyrrole nitrogens is 1. The van der Waals surface area contributed by atoms with Gasteiger partial charge in [-0.05, 0) is 32.0 Å². The summed E-state index contributed by atoms with van der Waals surface area (Å²) in [6.07, 6.45) is -1.07. The van der Waals surface area contributed by atoms with Crippen LogP contribution in [-0.4, -0.2) is 40.2 Å². The van der Waals surface area contributed by atoms with Crippen molar-refractivity contribution < 1.29 is 24.0 Å². The minimum Gasteiger partial charge on any atom is -0.453 e. The fraction of sp³-hybridized carbons (Fsp3) is 0.190. The van der Waals surface area contributed by atoms with Crippen LogP contribution in [0.15, 0.2) is 42.5 Å². The lowest BCUT2D eigenvalue weighted by molar-refractivity contribution is -0.384. The van der Waals surface area contributed by atoms with Crippen LogP contribution < -0.4 is 5.32 Å². The molecule has 0 bridgehead atoms. The monoisotopic (exact) mass is 443 g/mol. The van der Waals surface area contributed by atoms with Crippen molar-refractivity contribution >= 4 is 45.9 Å². The number of Topliss-reactive ketones (excluding diaryl/α,β-unsaturated/α-hetero) is 1. The van der Waals surface area contributed by atoms with E-state index in [0.29, 0.717) is 11.3 Å². The summed E-state index contributed by atoms with van der Waals surface area (Å²) in [4.78, 5) is 50.4. The van der Waals surface area contributed by atoms with E-state index in [9.17, 15) is 24.5 Å². The topological polar surface area (TPSA) is 131 Å². The van der Waals surface area contributed by atoms with E-state index >= 15 is 0 Å². The van der Waals surface area contributed by atoms with Gasteiger partial charge in [-0.1, -0.05) is 29.8 Å². The third kappa shape index (κ3) is 4.72. The molecule has 2 N–H and O–H groups in total. The number of carbonyl (C=O) groups is 3. The Hall–Kier alpha value is -3.72.